The Bertz CT molecular complexity index is 428. The third kappa shape index (κ3) is 4.70. The molecule has 0 saturated heterocycles. The fraction of sp³-hybridized carbons (Fsp3) is 0.500. The zero-order valence-corrected chi connectivity index (χ0v) is 11.5. The Morgan fingerprint density at radius 1 is 1.53 bits per heavy atom. The molecule has 0 aliphatic carbocycles. The maximum absolute atomic E-state index is 11.0. The number of nitro benzene ring substituents is 1. The van der Waals surface area contributed by atoms with Crippen LogP contribution in [0.2, 0.25) is 0 Å². The Kier molecular flexibility index (Phi) is 6.61. The van der Waals surface area contributed by atoms with Crippen LogP contribution in [-0.4, -0.2) is 40.1 Å². The second-order valence-corrected chi connectivity index (χ2v) is 4.98. The molecule has 0 aliphatic rings. The first-order valence-corrected chi connectivity index (χ1v) is 7.12. The fourth-order valence-corrected chi connectivity index (χ4v) is 2.55. The summed E-state index contributed by atoms with van der Waals surface area (Å²) in [4.78, 5) is 10.6. The summed E-state index contributed by atoms with van der Waals surface area (Å²) in [5.41, 5.74) is 1.41. The van der Waals surface area contributed by atoms with Crippen molar-refractivity contribution in [3.05, 3.63) is 33.9 Å². The zero-order valence-electron chi connectivity index (χ0n) is 10.7. The lowest BCUT2D eigenvalue weighted by Gasteiger charge is -2.12. The summed E-state index contributed by atoms with van der Waals surface area (Å²) in [5.74, 6) is 0.936. The molecule has 7 heteroatoms. The number of anilines is 1. The molecule has 0 bridgehead atoms. The Morgan fingerprint density at radius 3 is 2.84 bits per heavy atom. The van der Waals surface area contributed by atoms with Crippen LogP contribution in [0.1, 0.15) is 12.5 Å². The number of thioether (sulfide) groups is 1. The van der Waals surface area contributed by atoms with E-state index in [1.807, 2.05) is 13.0 Å². The van der Waals surface area contributed by atoms with Gasteiger partial charge in [-0.1, -0.05) is 12.1 Å². The maximum Gasteiger partial charge on any atom is 0.292 e. The largest absolute Gasteiger partial charge is 0.394 e. The maximum atomic E-state index is 11.0. The van der Waals surface area contributed by atoms with Crippen LogP contribution in [0.3, 0.4) is 0 Å². The lowest BCUT2D eigenvalue weighted by Crippen LogP contribution is -2.14. The molecular formula is C12H18N2O4S. The molecule has 1 aromatic rings. The van der Waals surface area contributed by atoms with Gasteiger partial charge in [-0.05, 0) is 12.5 Å². The predicted molar refractivity (Wildman–Crippen MR) is 76.5 cm³/mol. The van der Waals surface area contributed by atoms with E-state index in [0.29, 0.717) is 23.7 Å². The SMILES string of the molecule is CCNc1c(CSCC(O)CO)cccc1[N+](=O)[O-]. The van der Waals surface area contributed by atoms with Crippen LogP contribution < -0.4 is 5.32 Å². The van der Waals surface area contributed by atoms with Crippen molar-refractivity contribution in [1.82, 2.24) is 0 Å². The second-order valence-electron chi connectivity index (χ2n) is 3.95. The van der Waals surface area contributed by atoms with Crippen molar-refractivity contribution in [2.45, 2.75) is 18.8 Å². The number of rotatable bonds is 8. The fourth-order valence-electron chi connectivity index (χ4n) is 1.60. The molecule has 0 saturated carbocycles. The van der Waals surface area contributed by atoms with Crippen LogP contribution >= 0.6 is 11.8 Å². The van der Waals surface area contributed by atoms with E-state index in [2.05, 4.69) is 5.32 Å². The Labute approximate surface area is 116 Å². The van der Waals surface area contributed by atoms with Crippen LogP contribution in [0.25, 0.3) is 0 Å². The van der Waals surface area contributed by atoms with Gasteiger partial charge in [-0.3, -0.25) is 10.1 Å². The standard InChI is InChI=1S/C12H18N2O4S/c1-2-13-12-9(7-19-8-10(16)6-15)4-3-5-11(12)14(17)18/h3-5,10,13,15-16H,2,6-8H2,1H3. The van der Waals surface area contributed by atoms with Gasteiger partial charge in [0.1, 0.15) is 5.69 Å². The summed E-state index contributed by atoms with van der Waals surface area (Å²) in [6, 6.07) is 4.94. The highest BCUT2D eigenvalue weighted by Gasteiger charge is 2.16. The van der Waals surface area contributed by atoms with Crippen molar-refractivity contribution in [2.24, 2.45) is 0 Å². The molecule has 3 N–H and O–H groups in total. The van der Waals surface area contributed by atoms with Crippen LogP contribution in [0.15, 0.2) is 18.2 Å². The van der Waals surface area contributed by atoms with Crippen molar-refractivity contribution >= 4 is 23.1 Å². The minimum Gasteiger partial charge on any atom is -0.394 e. The van der Waals surface area contributed by atoms with Crippen LogP contribution in [0, 0.1) is 10.1 Å². The third-order valence-electron chi connectivity index (χ3n) is 2.46. The topological polar surface area (TPSA) is 95.6 Å². The average molecular weight is 286 g/mol. The van der Waals surface area contributed by atoms with Gasteiger partial charge in [0.05, 0.1) is 17.6 Å². The molecule has 0 fully saturated rings. The quantitative estimate of drug-likeness (QED) is 0.496. The van der Waals surface area contributed by atoms with Crippen LogP contribution in [-0.2, 0) is 5.75 Å². The molecule has 1 aromatic carbocycles. The van der Waals surface area contributed by atoms with Crippen LogP contribution in [0.4, 0.5) is 11.4 Å². The molecule has 6 nitrogen and oxygen atoms in total. The predicted octanol–water partition coefficient (Wildman–Crippen LogP) is 1.61. The minimum atomic E-state index is -0.758. The van der Waals surface area contributed by atoms with E-state index < -0.39 is 11.0 Å². The average Bonchev–Trinajstić information content (AvgIpc) is 2.40. The molecule has 1 rings (SSSR count). The van der Waals surface area contributed by atoms with E-state index in [9.17, 15) is 15.2 Å². The number of benzene rings is 1. The Morgan fingerprint density at radius 2 is 2.26 bits per heavy atom. The number of para-hydroxylation sites is 1. The van der Waals surface area contributed by atoms with Crippen LogP contribution in [0.5, 0.6) is 0 Å². The molecule has 106 valence electrons. The summed E-state index contributed by atoms with van der Waals surface area (Å²) in [6.07, 6.45) is -0.758. The van der Waals surface area contributed by atoms with E-state index in [-0.39, 0.29) is 12.3 Å². The highest BCUT2D eigenvalue weighted by molar-refractivity contribution is 7.98. The van der Waals surface area contributed by atoms with E-state index in [0.717, 1.165) is 5.56 Å². The molecule has 1 unspecified atom stereocenters. The minimum absolute atomic E-state index is 0.0580. The summed E-state index contributed by atoms with van der Waals surface area (Å²) in [5, 5.41) is 32.0. The molecule has 0 heterocycles. The Balaban J connectivity index is 2.81. The summed E-state index contributed by atoms with van der Waals surface area (Å²) >= 11 is 1.43. The highest BCUT2D eigenvalue weighted by atomic mass is 32.2. The number of hydrogen-bond acceptors (Lipinski definition) is 6. The third-order valence-corrected chi connectivity index (χ3v) is 3.59. The molecule has 19 heavy (non-hydrogen) atoms. The normalized spacial score (nSPS) is 12.2. The molecule has 0 radical (unpaired) electrons. The number of aliphatic hydroxyl groups is 2. The number of nitro groups is 1. The van der Waals surface area contributed by atoms with Crippen molar-refractivity contribution in [1.29, 1.82) is 0 Å². The molecule has 0 spiro atoms. The van der Waals surface area contributed by atoms with Crippen molar-refractivity contribution < 1.29 is 15.1 Å². The number of hydrogen-bond donors (Lipinski definition) is 3. The molecule has 0 aliphatic heterocycles. The summed E-state index contributed by atoms with van der Waals surface area (Å²) in [6.45, 7) is 2.20. The van der Waals surface area contributed by atoms with Crippen molar-refractivity contribution in [3.8, 4) is 0 Å². The van der Waals surface area contributed by atoms with E-state index in [1.165, 1.54) is 17.8 Å². The van der Waals surface area contributed by atoms with Gasteiger partial charge in [0.25, 0.3) is 5.69 Å². The first-order chi connectivity index (χ1) is 9.10. The van der Waals surface area contributed by atoms with Gasteiger partial charge in [0.2, 0.25) is 0 Å². The summed E-state index contributed by atoms with van der Waals surface area (Å²) in [7, 11) is 0. The molecular weight excluding hydrogens is 268 g/mol. The number of aliphatic hydroxyl groups excluding tert-OH is 2. The van der Waals surface area contributed by atoms with Gasteiger partial charge in [-0.15, -0.1) is 0 Å². The first kappa shape index (κ1) is 15.7. The van der Waals surface area contributed by atoms with E-state index >= 15 is 0 Å². The lowest BCUT2D eigenvalue weighted by molar-refractivity contribution is -0.384. The molecule has 0 amide bonds. The number of nitrogens with one attached hydrogen (secondary N) is 1. The Hall–Kier alpha value is -1.31. The van der Waals surface area contributed by atoms with E-state index in [1.54, 1.807) is 6.07 Å². The van der Waals surface area contributed by atoms with Gasteiger partial charge < -0.3 is 15.5 Å². The van der Waals surface area contributed by atoms with E-state index in [4.69, 9.17) is 5.11 Å². The zero-order chi connectivity index (χ0) is 14.3. The highest BCUT2D eigenvalue weighted by Crippen LogP contribution is 2.30. The van der Waals surface area contributed by atoms with Gasteiger partial charge >= 0.3 is 0 Å². The van der Waals surface area contributed by atoms with Gasteiger partial charge in [-0.2, -0.15) is 11.8 Å². The molecule has 0 aromatic heterocycles. The number of nitrogens with zero attached hydrogens (tertiary/aromatic N) is 1. The van der Waals surface area contributed by atoms with Gasteiger partial charge in [0.15, 0.2) is 0 Å². The van der Waals surface area contributed by atoms with Crippen molar-refractivity contribution in [3.63, 3.8) is 0 Å². The van der Waals surface area contributed by atoms with Crippen molar-refractivity contribution in [2.75, 3.05) is 24.2 Å². The molecule has 1 atom stereocenters. The smallest absolute Gasteiger partial charge is 0.292 e. The lowest BCUT2D eigenvalue weighted by atomic mass is 10.1. The van der Waals surface area contributed by atoms with Gasteiger partial charge in [0, 0.05) is 24.1 Å². The monoisotopic (exact) mass is 286 g/mol. The van der Waals surface area contributed by atoms with Gasteiger partial charge in [-0.25, -0.2) is 0 Å². The first-order valence-electron chi connectivity index (χ1n) is 5.97. The summed E-state index contributed by atoms with van der Waals surface area (Å²) < 4.78 is 0. The second kappa shape index (κ2) is 7.98.